The minimum absolute atomic E-state index is 0.172. The molecule has 0 aliphatic heterocycles. The normalized spacial score (nSPS) is 18.6. The largest absolute Gasteiger partial charge is 0.335 e. The lowest BCUT2D eigenvalue weighted by atomic mass is 9.96. The quantitative estimate of drug-likeness (QED) is 0.606. The molecule has 0 heterocycles. The Morgan fingerprint density at radius 2 is 1.15 bits per heavy atom. The zero-order valence-electron chi connectivity index (χ0n) is 16.3. The SMILES string of the molecule is Cc1c(NC(=O)NC2CCCCC2)cccc1NC(=O)NC1CCCCC1. The predicted molar refractivity (Wildman–Crippen MR) is 109 cm³/mol. The summed E-state index contributed by atoms with van der Waals surface area (Å²) in [4.78, 5) is 24.6. The number of hydrogen-bond acceptors (Lipinski definition) is 2. The predicted octanol–water partition coefficient (Wildman–Crippen LogP) is 4.90. The molecule has 4 amide bonds. The third kappa shape index (κ3) is 5.88. The van der Waals surface area contributed by atoms with Crippen molar-refractivity contribution in [3.05, 3.63) is 23.8 Å². The molecule has 0 saturated heterocycles. The van der Waals surface area contributed by atoms with Crippen LogP contribution in [0.1, 0.15) is 69.8 Å². The second-order valence-corrected chi connectivity index (χ2v) is 7.84. The molecule has 0 bridgehead atoms. The standard InChI is InChI=1S/C21H32N4O2/c1-15-18(24-20(26)22-16-9-4-2-5-10-16)13-8-14-19(15)25-21(27)23-17-11-6-3-7-12-17/h8,13-14,16-17H,2-7,9-12H2,1H3,(H2,22,24,26)(H2,23,25,27). The summed E-state index contributed by atoms with van der Waals surface area (Å²) in [5, 5.41) is 12.0. The Morgan fingerprint density at radius 1 is 0.741 bits per heavy atom. The molecule has 3 rings (SSSR count). The van der Waals surface area contributed by atoms with Gasteiger partial charge in [-0.25, -0.2) is 9.59 Å². The highest BCUT2D eigenvalue weighted by atomic mass is 16.2. The summed E-state index contributed by atoms with van der Waals surface area (Å²) in [5.41, 5.74) is 2.30. The molecule has 2 fully saturated rings. The molecule has 4 N–H and O–H groups in total. The highest BCUT2D eigenvalue weighted by molar-refractivity contribution is 5.94. The Bertz CT molecular complexity index is 597. The summed E-state index contributed by atoms with van der Waals surface area (Å²) >= 11 is 0. The molecule has 2 aliphatic carbocycles. The summed E-state index contributed by atoms with van der Waals surface area (Å²) in [5.74, 6) is 0. The monoisotopic (exact) mass is 372 g/mol. The lowest BCUT2D eigenvalue weighted by Crippen LogP contribution is -2.39. The van der Waals surface area contributed by atoms with Crippen LogP contribution in [0.2, 0.25) is 0 Å². The molecular weight excluding hydrogens is 340 g/mol. The molecule has 1 aromatic carbocycles. The van der Waals surface area contributed by atoms with Crippen molar-refractivity contribution in [2.45, 2.75) is 83.2 Å². The first-order valence-corrected chi connectivity index (χ1v) is 10.4. The minimum atomic E-state index is -0.172. The topological polar surface area (TPSA) is 82.3 Å². The van der Waals surface area contributed by atoms with Gasteiger partial charge in [0.05, 0.1) is 0 Å². The van der Waals surface area contributed by atoms with Crippen LogP contribution in [0.5, 0.6) is 0 Å². The number of urea groups is 2. The third-order valence-corrected chi connectivity index (χ3v) is 5.71. The molecule has 0 atom stereocenters. The molecule has 6 heteroatoms. The number of carbonyl (C=O) groups excluding carboxylic acids is 2. The Balaban J connectivity index is 1.54. The van der Waals surface area contributed by atoms with Crippen molar-refractivity contribution in [2.75, 3.05) is 10.6 Å². The first kappa shape index (κ1) is 19.5. The summed E-state index contributed by atoms with van der Waals surface area (Å²) in [7, 11) is 0. The minimum Gasteiger partial charge on any atom is -0.335 e. The molecule has 2 aliphatic rings. The number of carbonyl (C=O) groups is 2. The van der Waals surface area contributed by atoms with Crippen LogP contribution < -0.4 is 21.3 Å². The first-order chi connectivity index (χ1) is 13.1. The molecular formula is C21H32N4O2. The van der Waals surface area contributed by atoms with E-state index in [-0.39, 0.29) is 24.1 Å². The number of nitrogens with one attached hydrogen (secondary N) is 4. The van der Waals surface area contributed by atoms with E-state index < -0.39 is 0 Å². The maximum atomic E-state index is 12.3. The molecule has 0 aromatic heterocycles. The average molecular weight is 373 g/mol. The Kier molecular flexibility index (Phi) is 6.96. The molecule has 6 nitrogen and oxygen atoms in total. The smallest absolute Gasteiger partial charge is 0.319 e. The third-order valence-electron chi connectivity index (χ3n) is 5.71. The van der Waals surface area contributed by atoms with Gasteiger partial charge in [-0.1, -0.05) is 44.6 Å². The molecule has 1 aromatic rings. The molecule has 0 radical (unpaired) electrons. The number of rotatable bonds is 4. The molecule has 27 heavy (non-hydrogen) atoms. The van der Waals surface area contributed by atoms with E-state index in [1.54, 1.807) is 0 Å². The van der Waals surface area contributed by atoms with Crippen LogP contribution in [0.25, 0.3) is 0 Å². The summed E-state index contributed by atoms with van der Waals surface area (Å²) in [6.07, 6.45) is 11.4. The van der Waals surface area contributed by atoms with E-state index in [2.05, 4.69) is 21.3 Å². The Labute approximate surface area is 161 Å². The van der Waals surface area contributed by atoms with E-state index in [0.29, 0.717) is 0 Å². The van der Waals surface area contributed by atoms with Gasteiger partial charge in [-0.15, -0.1) is 0 Å². The van der Waals surface area contributed by atoms with E-state index in [9.17, 15) is 9.59 Å². The second kappa shape index (κ2) is 9.62. The summed E-state index contributed by atoms with van der Waals surface area (Å²) in [6, 6.07) is 5.75. The van der Waals surface area contributed by atoms with Crippen LogP contribution in [-0.2, 0) is 0 Å². The van der Waals surface area contributed by atoms with Crippen LogP contribution in [0.3, 0.4) is 0 Å². The van der Waals surface area contributed by atoms with E-state index in [4.69, 9.17) is 0 Å². The van der Waals surface area contributed by atoms with Crippen LogP contribution in [-0.4, -0.2) is 24.1 Å². The average Bonchev–Trinajstić information content (AvgIpc) is 2.66. The van der Waals surface area contributed by atoms with Gasteiger partial charge < -0.3 is 21.3 Å². The van der Waals surface area contributed by atoms with E-state index in [1.807, 2.05) is 25.1 Å². The second-order valence-electron chi connectivity index (χ2n) is 7.84. The fourth-order valence-electron chi connectivity index (χ4n) is 4.09. The van der Waals surface area contributed by atoms with Gasteiger partial charge in [-0.3, -0.25) is 0 Å². The molecule has 0 spiro atoms. The summed E-state index contributed by atoms with van der Waals surface area (Å²) in [6.45, 7) is 1.91. The maximum absolute atomic E-state index is 12.3. The van der Waals surface area contributed by atoms with Gasteiger partial charge in [-0.2, -0.15) is 0 Å². The van der Waals surface area contributed by atoms with Gasteiger partial charge in [0.1, 0.15) is 0 Å². The van der Waals surface area contributed by atoms with Gasteiger partial charge in [0.15, 0.2) is 0 Å². The zero-order chi connectivity index (χ0) is 19.1. The fourth-order valence-corrected chi connectivity index (χ4v) is 4.09. The van der Waals surface area contributed by atoms with Crippen LogP contribution in [0.4, 0.5) is 21.0 Å². The maximum Gasteiger partial charge on any atom is 0.319 e. The lowest BCUT2D eigenvalue weighted by Gasteiger charge is -2.24. The van der Waals surface area contributed by atoms with Crippen molar-refractivity contribution in [1.82, 2.24) is 10.6 Å². The Hall–Kier alpha value is -2.24. The number of anilines is 2. The van der Waals surface area contributed by atoms with Crippen molar-refractivity contribution in [2.24, 2.45) is 0 Å². The van der Waals surface area contributed by atoms with Crippen molar-refractivity contribution < 1.29 is 9.59 Å². The fraction of sp³-hybridized carbons (Fsp3) is 0.619. The molecule has 2 saturated carbocycles. The number of benzene rings is 1. The van der Waals surface area contributed by atoms with Gasteiger partial charge in [-0.05, 0) is 50.3 Å². The van der Waals surface area contributed by atoms with E-state index in [0.717, 1.165) is 42.6 Å². The van der Waals surface area contributed by atoms with Gasteiger partial charge in [0, 0.05) is 23.5 Å². The van der Waals surface area contributed by atoms with E-state index in [1.165, 1.54) is 38.5 Å². The van der Waals surface area contributed by atoms with Gasteiger partial charge >= 0.3 is 12.1 Å². The van der Waals surface area contributed by atoms with Gasteiger partial charge in [0.2, 0.25) is 0 Å². The van der Waals surface area contributed by atoms with E-state index >= 15 is 0 Å². The Morgan fingerprint density at radius 3 is 1.56 bits per heavy atom. The van der Waals surface area contributed by atoms with Crippen LogP contribution in [0, 0.1) is 6.92 Å². The van der Waals surface area contributed by atoms with Gasteiger partial charge in [0.25, 0.3) is 0 Å². The van der Waals surface area contributed by atoms with Crippen molar-refractivity contribution in [3.63, 3.8) is 0 Å². The van der Waals surface area contributed by atoms with Crippen molar-refractivity contribution >= 4 is 23.4 Å². The van der Waals surface area contributed by atoms with Crippen LogP contribution in [0.15, 0.2) is 18.2 Å². The zero-order valence-corrected chi connectivity index (χ0v) is 16.3. The van der Waals surface area contributed by atoms with Crippen LogP contribution >= 0.6 is 0 Å². The summed E-state index contributed by atoms with van der Waals surface area (Å²) < 4.78 is 0. The van der Waals surface area contributed by atoms with Crippen molar-refractivity contribution in [1.29, 1.82) is 0 Å². The molecule has 148 valence electrons. The first-order valence-electron chi connectivity index (χ1n) is 10.4. The highest BCUT2D eigenvalue weighted by Crippen LogP contribution is 2.24. The lowest BCUT2D eigenvalue weighted by molar-refractivity contribution is 0.243. The number of amides is 4. The highest BCUT2D eigenvalue weighted by Gasteiger charge is 2.18. The van der Waals surface area contributed by atoms with Crippen molar-refractivity contribution in [3.8, 4) is 0 Å². The number of hydrogen-bond donors (Lipinski definition) is 4. The molecule has 0 unspecified atom stereocenters.